The average molecular weight is 1110 g/mol. The highest BCUT2D eigenvalue weighted by Gasteiger charge is 2.28. The highest BCUT2D eigenvalue weighted by molar-refractivity contribution is 6.10. The van der Waals surface area contributed by atoms with Gasteiger partial charge in [-0.15, -0.1) is 0 Å². The first-order valence-electron chi connectivity index (χ1n) is 29.5. The van der Waals surface area contributed by atoms with Crippen LogP contribution in [0.4, 0.5) is 0 Å². The van der Waals surface area contributed by atoms with E-state index in [9.17, 15) is 0 Å². The van der Waals surface area contributed by atoms with Gasteiger partial charge in [-0.2, -0.15) is 0 Å². The fraction of sp³-hybridized carbons (Fsp3) is 0.0122. The molecule has 0 N–H and O–H groups in total. The highest BCUT2D eigenvalue weighted by atomic mass is 15.0. The van der Waals surface area contributed by atoms with Crippen LogP contribution in [0, 0.1) is 0 Å². The number of hydrogen-bond donors (Lipinski definition) is 0. The second-order valence-corrected chi connectivity index (χ2v) is 22.0. The molecule has 0 aliphatic rings. The second-order valence-electron chi connectivity index (χ2n) is 22.0. The van der Waals surface area contributed by atoms with Crippen LogP contribution in [0.15, 0.2) is 329 Å². The molecule has 0 saturated carbocycles. The number of benzene rings is 12. The van der Waals surface area contributed by atoms with Gasteiger partial charge in [0.1, 0.15) is 0 Å². The number of para-hydroxylation sites is 4. The van der Waals surface area contributed by atoms with E-state index in [1.807, 2.05) is 36.4 Å². The van der Waals surface area contributed by atoms with Crippen molar-refractivity contribution in [3.63, 3.8) is 0 Å². The number of allylic oxidation sites excluding steroid dienone is 4. The third-order valence-corrected chi connectivity index (χ3v) is 16.9. The minimum Gasteiger partial charge on any atom is -0.309 e. The molecule has 15 aromatic rings. The van der Waals surface area contributed by atoms with E-state index in [1.165, 1.54) is 21.5 Å². The van der Waals surface area contributed by atoms with Gasteiger partial charge in [0.05, 0.1) is 22.1 Å². The summed E-state index contributed by atoms with van der Waals surface area (Å²) in [5.41, 5.74) is 21.4. The van der Waals surface area contributed by atoms with Crippen molar-refractivity contribution >= 4 is 49.2 Å². The molecular formula is C82H57N5. The summed E-state index contributed by atoms with van der Waals surface area (Å²) in [7, 11) is 0. The largest absolute Gasteiger partial charge is 0.309 e. The lowest BCUT2D eigenvalue weighted by atomic mass is 9.76. The van der Waals surface area contributed by atoms with E-state index in [0.29, 0.717) is 17.5 Å². The van der Waals surface area contributed by atoms with Gasteiger partial charge >= 0.3 is 0 Å². The number of nitrogens with zero attached hydrogens (tertiary/aromatic N) is 5. The fourth-order valence-electron chi connectivity index (χ4n) is 12.8. The van der Waals surface area contributed by atoms with Gasteiger partial charge in [-0.25, -0.2) is 15.0 Å². The van der Waals surface area contributed by atoms with Gasteiger partial charge in [-0.3, -0.25) is 0 Å². The van der Waals surface area contributed by atoms with Gasteiger partial charge in [0, 0.05) is 55.5 Å². The SMILES string of the molecule is C=C/C=C(\C=C)c1nc(-c2ccccc2)nc(-c2cc(-c3ccc(-c4ccccc4)cc3)c(C(c3ccc(-n4c5ccccc5c5ccccc54)cc3)c3cccc(-n4c5ccccc5c5ccccc54)c3)c(-c3ccc(-c4ccccc4)cc3)c2)n1. The monoisotopic (exact) mass is 1110 g/mol. The maximum absolute atomic E-state index is 5.37. The Morgan fingerprint density at radius 2 is 0.724 bits per heavy atom. The van der Waals surface area contributed by atoms with Crippen LogP contribution in [0.5, 0.6) is 0 Å². The molecule has 3 heterocycles. The summed E-state index contributed by atoms with van der Waals surface area (Å²) >= 11 is 0. The van der Waals surface area contributed by atoms with Crippen molar-refractivity contribution in [2.75, 3.05) is 0 Å². The predicted molar refractivity (Wildman–Crippen MR) is 363 cm³/mol. The molecule has 0 aliphatic carbocycles. The third-order valence-electron chi connectivity index (χ3n) is 16.9. The van der Waals surface area contributed by atoms with Gasteiger partial charge < -0.3 is 9.13 Å². The smallest absolute Gasteiger partial charge is 0.164 e. The molecular weight excluding hydrogens is 1050 g/mol. The Kier molecular flexibility index (Phi) is 13.6. The summed E-state index contributed by atoms with van der Waals surface area (Å²) < 4.78 is 4.82. The van der Waals surface area contributed by atoms with E-state index in [0.717, 1.165) is 111 Å². The standard InChI is InChI=1S/C82H57N5/c1-3-23-55(4-2)80-83-81(63-28-12-7-13-29-63)85-82(84-80)65-53-72(60-44-40-58(41-45-60)56-24-8-5-9-25-56)79(73(54-65)61-46-42-59(43-47-61)57-26-10-6-11-27-57)78(62-48-50-66(51-49-62)86-74-36-18-14-32-68(74)69-33-15-19-37-75(69)86)64-30-22-31-67(52-64)87-76-38-20-16-34-70(76)71-35-17-21-39-77(71)87/h3-54,78H,1-2H2/b55-23+. The molecule has 5 heteroatoms. The molecule has 0 amide bonds. The molecule has 87 heavy (non-hydrogen) atoms. The molecule has 0 bridgehead atoms. The van der Waals surface area contributed by atoms with Crippen LogP contribution in [0.3, 0.4) is 0 Å². The minimum absolute atomic E-state index is 0.330. The zero-order valence-electron chi connectivity index (χ0n) is 47.7. The molecule has 1 unspecified atom stereocenters. The molecule has 12 aromatic carbocycles. The maximum atomic E-state index is 5.37. The molecule has 0 aliphatic heterocycles. The summed E-state index contributed by atoms with van der Waals surface area (Å²) in [4.78, 5) is 15.8. The Morgan fingerprint density at radius 1 is 0.322 bits per heavy atom. The number of fused-ring (bicyclic) bond motifs is 6. The fourth-order valence-corrected chi connectivity index (χ4v) is 12.8. The van der Waals surface area contributed by atoms with E-state index in [4.69, 9.17) is 15.0 Å². The first kappa shape index (κ1) is 52.3. The summed E-state index contributed by atoms with van der Waals surface area (Å²) in [6, 6.07) is 108. The van der Waals surface area contributed by atoms with Gasteiger partial charge in [0.25, 0.3) is 0 Å². The minimum atomic E-state index is -0.330. The quantitative estimate of drug-likeness (QED) is 0.0805. The maximum Gasteiger partial charge on any atom is 0.164 e. The van der Waals surface area contributed by atoms with Gasteiger partial charge in [-0.1, -0.05) is 268 Å². The Morgan fingerprint density at radius 3 is 1.18 bits per heavy atom. The lowest BCUT2D eigenvalue weighted by molar-refractivity contribution is 0.973. The predicted octanol–water partition coefficient (Wildman–Crippen LogP) is 21.0. The third kappa shape index (κ3) is 9.64. The lowest BCUT2D eigenvalue weighted by Gasteiger charge is -2.27. The summed E-state index contributed by atoms with van der Waals surface area (Å²) in [6.45, 7) is 8.24. The van der Waals surface area contributed by atoms with Crippen molar-refractivity contribution in [3.05, 3.63) is 351 Å². The van der Waals surface area contributed by atoms with Crippen molar-refractivity contribution in [3.8, 4) is 78.7 Å². The van der Waals surface area contributed by atoms with Crippen LogP contribution < -0.4 is 0 Å². The summed E-state index contributed by atoms with van der Waals surface area (Å²) in [5, 5.41) is 4.87. The van der Waals surface area contributed by atoms with E-state index in [2.05, 4.69) is 289 Å². The number of aromatic nitrogens is 5. The summed E-state index contributed by atoms with van der Waals surface area (Å²) in [6.07, 6.45) is 5.43. The lowest BCUT2D eigenvalue weighted by Crippen LogP contribution is -2.10. The van der Waals surface area contributed by atoms with Crippen LogP contribution in [0.1, 0.15) is 28.4 Å². The van der Waals surface area contributed by atoms with Crippen LogP contribution in [0.25, 0.3) is 128 Å². The van der Waals surface area contributed by atoms with Crippen molar-refractivity contribution in [2.24, 2.45) is 0 Å². The summed E-state index contributed by atoms with van der Waals surface area (Å²) in [5.74, 6) is 1.26. The van der Waals surface area contributed by atoms with Crippen LogP contribution >= 0.6 is 0 Å². The van der Waals surface area contributed by atoms with Crippen LogP contribution in [0.2, 0.25) is 0 Å². The van der Waals surface area contributed by atoms with Crippen molar-refractivity contribution in [2.45, 2.75) is 5.92 Å². The van der Waals surface area contributed by atoms with Crippen molar-refractivity contribution < 1.29 is 0 Å². The molecule has 5 nitrogen and oxygen atoms in total. The van der Waals surface area contributed by atoms with Gasteiger partial charge in [-0.05, 0) is 122 Å². The van der Waals surface area contributed by atoms with Gasteiger partial charge in [0.2, 0.25) is 0 Å². The molecule has 0 saturated heterocycles. The zero-order chi connectivity index (χ0) is 58.2. The molecule has 0 spiro atoms. The molecule has 0 radical (unpaired) electrons. The Labute approximate surface area is 506 Å². The molecule has 1 atom stereocenters. The Balaban J connectivity index is 1.04. The molecule has 3 aromatic heterocycles. The molecule has 15 rings (SSSR count). The second kappa shape index (κ2) is 22.6. The Bertz CT molecular complexity index is 4880. The van der Waals surface area contributed by atoms with Gasteiger partial charge in [0.15, 0.2) is 17.5 Å². The number of rotatable bonds is 14. The van der Waals surface area contributed by atoms with Crippen molar-refractivity contribution in [1.82, 2.24) is 24.1 Å². The number of hydrogen-bond acceptors (Lipinski definition) is 3. The first-order chi connectivity index (χ1) is 43.1. The molecule has 0 fully saturated rings. The van der Waals surface area contributed by atoms with E-state index in [1.54, 1.807) is 12.2 Å². The highest BCUT2D eigenvalue weighted by Crippen LogP contribution is 2.48. The average Bonchev–Trinajstić information content (AvgIpc) is 2.13. The Hall–Kier alpha value is -11.5. The molecule has 410 valence electrons. The van der Waals surface area contributed by atoms with E-state index in [-0.39, 0.29) is 5.92 Å². The van der Waals surface area contributed by atoms with Crippen LogP contribution in [-0.2, 0) is 0 Å². The van der Waals surface area contributed by atoms with E-state index >= 15 is 0 Å². The zero-order valence-corrected chi connectivity index (χ0v) is 47.7. The topological polar surface area (TPSA) is 48.5 Å². The van der Waals surface area contributed by atoms with E-state index < -0.39 is 0 Å². The van der Waals surface area contributed by atoms with Crippen molar-refractivity contribution in [1.29, 1.82) is 0 Å². The normalized spacial score (nSPS) is 12.0. The first-order valence-corrected chi connectivity index (χ1v) is 29.5. The van der Waals surface area contributed by atoms with Crippen LogP contribution in [-0.4, -0.2) is 24.1 Å².